The first-order valence-corrected chi connectivity index (χ1v) is 10.2. The third-order valence-electron chi connectivity index (χ3n) is 6.41. The van der Waals surface area contributed by atoms with Crippen molar-refractivity contribution in [2.75, 3.05) is 13.1 Å². The summed E-state index contributed by atoms with van der Waals surface area (Å²) < 4.78 is 8.10. The van der Waals surface area contributed by atoms with Crippen LogP contribution in [0.25, 0.3) is 0 Å². The van der Waals surface area contributed by atoms with E-state index < -0.39 is 0 Å². The molecule has 3 aliphatic heterocycles. The van der Waals surface area contributed by atoms with E-state index in [0.29, 0.717) is 17.6 Å². The van der Waals surface area contributed by atoms with Crippen molar-refractivity contribution in [2.24, 2.45) is 7.05 Å². The Bertz CT molecular complexity index is 709. The van der Waals surface area contributed by atoms with Gasteiger partial charge in [0, 0.05) is 45.3 Å². The number of carbonyl (C=O) groups is 2. The number of piperidine rings is 2. The molecule has 3 aliphatic rings. The SMILES string of the molecule is CC(=O)N1[C@@H]2CC[C@H]1CC(OC1CCN(C(=O)c3cn(C)nc3C)CC1)C2. The highest BCUT2D eigenvalue weighted by Gasteiger charge is 2.43. The van der Waals surface area contributed by atoms with Crippen LogP contribution in [-0.4, -0.2) is 68.8 Å². The molecule has 0 saturated carbocycles. The lowest BCUT2D eigenvalue weighted by Crippen LogP contribution is -2.49. The molecule has 0 N–H and O–H groups in total. The largest absolute Gasteiger partial charge is 0.375 e. The molecule has 1 aromatic rings. The van der Waals surface area contributed by atoms with E-state index in [9.17, 15) is 9.59 Å². The quantitative estimate of drug-likeness (QED) is 0.810. The van der Waals surface area contributed by atoms with Crippen LogP contribution < -0.4 is 0 Å². The summed E-state index contributed by atoms with van der Waals surface area (Å²) >= 11 is 0. The summed E-state index contributed by atoms with van der Waals surface area (Å²) in [5.74, 6) is 0.283. The van der Waals surface area contributed by atoms with E-state index in [1.807, 2.05) is 18.9 Å². The van der Waals surface area contributed by atoms with Gasteiger partial charge in [-0.2, -0.15) is 5.10 Å². The van der Waals surface area contributed by atoms with Crippen LogP contribution in [0.4, 0.5) is 0 Å². The maximum absolute atomic E-state index is 12.7. The molecule has 148 valence electrons. The van der Waals surface area contributed by atoms with Gasteiger partial charge in [-0.3, -0.25) is 14.3 Å². The van der Waals surface area contributed by atoms with E-state index in [2.05, 4.69) is 10.00 Å². The molecular formula is C20H30N4O3. The normalized spacial score (nSPS) is 28.6. The van der Waals surface area contributed by atoms with Crippen molar-refractivity contribution in [3.05, 3.63) is 17.5 Å². The molecule has 1 unspecified atom stereocenters. The Morgan fingerprint density at radius 2 is 1.70 bits per heavy atom. The number of aryl methyl sites for hydroxylation is 2. The number of rotatable bonds is 3. The van der Waals surface area contributed by atoms with Crippen LogP contribution in [-0.2, 0) is 16.6 Å². The highest BCUT2D eigenvalue weighted by Crippen LogP contribution is 2.37. The topological polar surface area (TPSA) is 67.7 Å². The zero-order valence-electron chi connectivity index (χ0n) is 16.6. The van der Waals surface area contributed by atoms with Crippen LogP contribution in [0.2, 0.25) is 0 Å². The lowest BCUT2D eigenvalue weighted by molar-refractivity contribution is -0.138. The van der Waals surface area contributed by atoms with E-state index in [0.717, 1.165) is 57.3 Å². The van der Waals surface area contributed by atoms with Gasteiger partial charge >= 0.3 is 0 Å². The first kappa shape index (κ1) is 18.5. The zero-order valence-corrected chi connectivity index (χ0v) is 16.6. The van der Waals surface area contributed by atoms with Crippen LogP contribution >= 0.6 is 0 Å². The van der Waals surface area contributed by atoms with Crippen molar-refractivity contribution in [3.63, 3.8) is 0 Å². The minimum absolute atomic E-state index is 0.0758. The highest BCUT2D eigenvalue weighted by molar-refractivity contribution is 5.95. The number of carbonyl (C=O) groups excluding carboxylic acids is 2. The molecule has 3 atom stereocenters. The Hall–Kier alpha value is -1.89. The molecule has 4 rings (SSSR count). The summed E-state index contributed by atoms with van der Waals surface area (Å²) in [5, 5.41) is 4.27. The number of fused-ring (bicyclic) bond motifs is 2. The van der Waals surface area contributed by atoms with Crippen molar-refractivity contribution in [3.8, 4) is 0 Å². The van der Waals surface area contributed by atoms with Gasteiger partial charge in [0.25, 0.3) is 5.91 Å². The number of aromatic nitrogens is 2. The van der Waals surface area contributed by atoms with E-state index in [1.165, 1.54) is 0 Å². The Morgan fingerprint density at radius 3 is 2.22 bits per heavy atom. The number of likely N-dealkylation sites (tertiary alicyclic amines) is 1. The monoisotopic (exact) mass is 374 g/mol. The van der Waals surface area contributed by atoms with Crippen LogP contribution in [0.5, 0.6) is 0 Å². The van der Waals surface area contributed by atoms with Crippen LogP contribution in [0.3, 0.4) is 0 Å². The van der Waals surface area contributed by atoms with Gasteiger partial charge in [-0.15, -0.1) is 0 Å². The molecule has 2 amide bonds. The van der Waals surface area contributed by atoms with E-state index in [-0.39, 0.29) is 24.0 Å². The van der Waals surface area contributed by atoms with E-state index in [4.69, 9.17) is 4.74 Å². The smallest absolute Gasteiger partial charge is 0.257 e. The molecule has 27 heavy (non-hydrogen) atoms. The minimum Gasteiger partial charge on any atom is -0.375 e. The molecule has 2 bridgehead atoms. The summed E-state index contributed by atoms with van der Waals surface area (Å²) in [7, 11) is 1.84. The van der Waals surface area contributed by atoms with Crippen molar-refractivity contribution in [1.29, 1.82) is 0 Å². The second kappa shape index (κ2) is 7.26. The standard InChI is InChI=1S/C20H30N4O3/c1-13-19(12-22(3)21-13)20(26)23-8-6-17(7-9-23)27-18-10-15-4-5-16(11-18)24(15)14(2)25/h12,15-18H,4-11H2,1-3H3/t15-,16+,18?. The Labute approximate surface area is 160 Å². The highest BCUT2D eigenvalue weighted by atomic mass is 16.5. The molecule has 0 aromatic carbocycles. The minimum atomic E-state index is 0.0758. The number of hydrogen-bond acceptors (Lipinski definition) is 4. The van der Waals surface area contributed by atoms with Crippen molar-refractivity contribution >= 4 is 11.8 Å². The Kier molecular flexibility index (Phi) is 4.97. The maximum atomic E-state index is 12.7. The fourth-order valence-corrected chi connectivity index (χ4v) is 5.20. The maximum Gasteiger partial charge on any atom is 0.257 e. The van der Waals surface area contributed by atoms with Crippen molar-refractivity contribution in [1.82, 2.24) is 19.6 Å². The van der Waals surface area contributed by atoms with Crippen LogP contribution in [0.1, 0.15) is 61.5 Å². The van der Waals surface area contributed by atoms with Gasteiger partial charge in [0.15, 0.2) is 0 Å². The predicted molar refractivity (Wildman–Crippen MR) is 100 cm³/mol. The van der Waals surface area contributed by atoms with Gasteiger partial charge in [-0.25, -0.2) is 0 Å². The molecular weight excluding hydrogens is 344 g/mol. The fraction of sp³-hybridized carbons (Fsp3) is 0.750. The molecule has 3 fully saturated rings. The zero-order chi connectivity index (χ0) is 19.1. The van der Waals surface area contributed by atoms with Gasteiger partial charge < -0.3 is 14.5 Å². The Balaban J connectivity index is 1.29. The number of ether oxygens (including phenoxy) is 1. The lowest BCUT2D eigenvalue weighted by atomic mass is 9.98. The lowest BCUT2D eigenvalue weighted by Gasteiger charge is -2.41. The molecule has 1 aromatic heterocycles. The first-order valence-electron chi connectivity index (χ1n) is 10.2. The van der Waals surface area contributed by atoms with Crippen molar-refractivity contribution in [2.45, 2.75) is 76.7 Å². The molecule has 7 nitrogen and oxygen atoms in total. The molecule has 7 heteroatoms. The van der Waals surface area contributed by atoms with E-state index in [1.54, 1.807) is 17.8 Å². The van der Waals surface area contributed by atoms with Gasteiger partial charge in [0.05, 0.1) is 23.5 Å². The third-order valence-corrected chi connectivity index (χ3v) is 6.41. The number of amides is 2. The average Bonchev–Trinajstić information content (AvgIpc) is 3.11. The Morgan fingerprint density at radius 1 is 1.07 bits per heavy atom. The third kappa shape index (κ3) is 3.61. The van der Waals surface area contributed by atoms with Gasteiger partial charge in [-0.1, -0.05) is 0 Å². The summed E-state index contributed by atoms with van der Waals surface area (Å²) in [4.78, 5) is 28.6. The molecule has 4 heterocycles. The van der Waals surface area contributed by atoms with Gasteiger partial charge in [-0.05, 0) is 45.4 Å². The van der Waals surface area contributed by atoms with Crippen LogP contribution in [0.15, 0.2) is 6.20 Å². The molecule has 0 aliphatic carbocycles. The summed E-state index contributed by atoms with van der Waals surface area (Å²) in [5.41, 5.74) is 1.48. The second-order valence-electron chi connectivity index (χ2n) is 8.33. The van der Waals surface area contributed by atoms with Gasteiger partial charge in [0.1, 0.15) is 0 Å². The fourth-order valence-electron chi connectivity index (χ4n) is 5.20. The predicted octanol–water partition coefficient (Wildman–Crippen LogP) is 1.89. The summed E-state index contributed by atoms with van der Waals surface area (Å²) in [6.45, 7) is 5.03. The average molecular weight is 374 g/mol. The molecule has 0 spiro atoms. The number of hydrogen-bond donors (Lipinski definition) is 0. The van der Waals surface area contributed by atoms with Gasteiger partial charge in [0.2, 0.25) is 5.91 Å². The summed E-state index contributed by atoms with van der Waals surface area (Å²) in [6.07, 6.45) is 8.19. The van der Waals surface area contributed by atoms with Crippen molar-refractivity contribution < 1.29 is 14.3 Å². The van der Waals surface area contributed by atoms with E-state index >= 15 is 0 Å². The second-order valence-corrected chi connectivity index (χ2v) is 8.33. The number of nitrogens with zero attached hydrogens (tertiary/aromatic N) is 4. The molecule has 3 saturated heterocycles. The van der Waals surface area contributed by atoms with Crippen LogP contribution in [0, 0.1) is 6.92 Å². The first-order chi connectivity index (χ1) is 12.9. The molecule has 0 radical (unpaired) electrons. The summed E-state index contributed by atoms with van der Waals surface area (Å²) in [6, 6.07) is 0.725.